The normalized spacial score (nSPS) is 10.5. The van der Waals surface area contributed by atoms with Crippen LogP contribution in [0.4, 0.5) is 11.4 Å². The lowest BCUT2D eigenvalue weighted by molar-refractivity contribution is -0.268. The Hall–Kier alpha value is -3.08. The van der Waals surface area contributed by atoms with Crippen LogP contribution in [0.2, 0.25) is 0 Å². The predicted octanol–water partition coefficient (Wildman–Crippen LogP) is 2.75. The van der Waals surface area contributed by atoms with Gasteiger partial charge in [0.25, 0.3) is 0 Å². The van der Waals surface area contributed by atoms with Crippen molar-refractivity contribution in [3.05, 3.63) is 60.3 Å². The summed E-state index contributed by atoms with van der Waals surface area (Å²) >= 11 is 0. The Morgan fingerprint density at radius 1 is 1.10 bits per heavy atom. The van der Waals surface area contributed by atoms with Crippen LogP contribution < -0.4 is 10.4 Å². The molecule has 0 radical (unpaired) electrons. The SMILES string of the molecule is O=C(O)c1cnc2ccccc2c1Nc1ccc([O-])cc1. The number of carbonyl (C=O) groups is 1. The molecule has 0 unspecified atom stereocenters. The summed E-state index contributed by atoms with van der Waals surface area (Å²) < 4.78 is 0. The number of hydrogen-bond donors (Lipinski definition) is 2. The van der Waals surface area contributed by atoms with Crippen LogP contribution >= 0.6 is 0 Å². The third kappa shape index (κ3) is 2.49. The van der Waals surface area contributed by atoms with E-state index in [1.807, 2.05) is 18.2 Å². The largest absolute Gasteiger partial charge is 0.872 e. The lowest BCUT2D eigenvalue weighted by Gasteiger charge is -2.13. The zero-order chi connectivity index (χ0) is 14.8. The van der Waals surface area contributed by atoms with Gasteiger partial charge in [0.1, 0.15) is 5.56 Å². The fourth-order valence-electron chi connectivity index (χ4n) is 2.12. The molecular weight excluding hydrogens is 268 g/mol. The molecule has 0 bridgehead atoms. The van der Waals surface area contributed by atoms with E-state index in [4.69, 9.17) is 0 Å². The molecule has 0 amide bonds. The van der Waals surface area contributed by atoms with Gasteiger partial charge in [-0.2, -0.15) is 0 Å². The molecule has 1 heterocycles. The molecule has 21 heavy (non-hydrogen) atoms. The van der Waals surface area contributed by atoms with Gasteiger partial charge in [0.05, 0.1) is 11.2 Å². The number of anilines is 2. The van der Waals surface area contributed by atoms with Crippen molar-refractivity contribution in [3.63, 3.8) is 0 Å². The first-order chi connectivity index (χ1) is 10.1. The van der Waals surface area contributed by atoms with E-state index in [-0.39, 0.29) is 11.3 Å². The van der Waals surface area contributed by atoms with Crippen LogP contribution in [0.3, 0.4) is 0 Å². The Labute approximate surface area is 120 Å². The smallest absolute Gasteiger partial charge is 0.339 e. The van der Waals surface area contributed by atoms with Crippen LogP contribution in [0.5, 0.6) is 5.75 Å². The average molecular weight is 279 g/mol. The van der Waals surface area contributed by atoms with Gasteiger partial charge in [-0.05, 0) is 18.2 Å². The molecule has 5 nitrogen and oxygen atoms in total. The van der Waals surface area contributed by atoms with Crippen molar-refractivity contribution < 1.29 is 15.0 Å². The molecule has 104 valence electrons. The van der Waals surface area contributed by atoms with Crippen LogP contribution in [-0.4, -0.2) is 16.1 Å². The molecule has 3 aromatic rings. The van der Waals surface area contributed by atoms with Gasteiger partial charge >= 0.3 is 5.97 Å². The second-order valence-corrected chi connectivity index (χ2v) is 4.52. The number of para-hydroxylation sites is 1. The summed E-state index contributed by atoms with van der Waals surface area (Å²) in [6.45, 7) is 0. The van der Waals surface area contributed by atoms with Crippen molar-refractivity contribution in [1.82, 2.24) is 4.98 Å². The average Bonchev–Trinajstić information content (AvgIpc) is 2.49. The molecule has 0 saturated carbocycles. The number of fused-ring (bicyclic) bond motifs is 1. The van der Waals surface area contributed by atoms with Crippen molar-refractivity contribution >= 4 is 28.2 Å². The number of carboxylic acids is 1. The summed E-state index contributed by atoms with van der Waals surface area (Å²) in [5.41, 5.74) is 1.89. The molecule has 0 aliphatic heterocycles. The molecule has 3 rings (SSSR count). The first-order valence-electron chi connectivity index (χ1n) is 6.30. The molecule has 2 aromatic carbocycles. The topological polar surface area (TPSA) is 85.3 Å². The molecule has 0 aliphatic rings. The van der Waals surface area contributed by atoms with Gasteiger partial charge < -0.3 is 15.5 Å². The first kappa shape index (κ1) is 12.9. The molecule has 0 aliphatic carbocycles. The van der Waals surface area contributed by atoms with Crippen molar-refractivity contribution in [3.8, 4) is 5.75 Å². The van der Waals surface area contributed by atoms with Gasteiger partial charge in [-0.1, -0.05) is 30.3 Å². The molecule has 5 heteroatoms. The molecule has 0 spiro atoms. The molecule has 0 atom stereocenters. The van der Waals surface area contributed by atoms with E-state index in [0.717, 1.165) is 0 Å². The number of benzene rings is 2. The third-order valence-corrected chi connectivity index (χ3v) is 3.13. The Morgan fingerprint density at radius 3 is 2.52 bits per heavy atom. The van der Waals surface area contributed by atoms with Gasteiger partial charge in [-0.15, -0.1) is 5.75 Å². The van der Waals surface area contributed by atoms with Crippen molar-refractivity contribution in [2.75, 3.05) is 5.32 Å². The summed E-state index contributed by atoms with van der Waals surface area (Å²) in [6, 6.07) is 13.4. The number of nitrogens with zero attached hydrogens (tertiary/aromatic N) is 1. The number of rotatable bonds is 3. The highest BCUT2D eigenvalue weighted by molar-refractivity contribution is 6.05. The first-order valence-corrected chi connectivity index (χ1v) is 6.30. The lowest BCUT2D eigenvalue weighted by atomic mass is 10.1. The number of aromatic carboxylic acids is 1. The summed E-state index contributed by atoms with van der Waals surface area (Å²) in [6.07, 6.45) is 1.33. The highest BCUT2D eigenvalue weighted by Gasteiger charge is 2.14. The Balaban J connectivity index is 2.16. The highest BCUT2D eigenvalue weighted by Crippen LogP contribution is 2.29. The van der Waals surface area contributed by atoms with E-state index in [1.165, 1.54) is 18.3 Å². The monoisotopic (exact) mass is 279 g/mol. The molecule has 1 aromatic heterocycles. The van der Waals surface area contributed by atoms with E-state index in [9.17, 15) is 15.0 Å². The lowest BCUT2D eigenvalue weighted by Crippen LogP contribution is -2.04. The summed E-state index contributed by atoms with van der Waals surface area (Å²) in [7, 11) is 0. The zero-order valence-corrected chi connectivity index (χ0v) is 10.9. The summed E-state index contributed by atoms with van der Waals surface area (Å²) in [5, 5.41) is 24.2. The quantitative estimate of drug-likeness (QED) is 0.770. The van der Waals surface area contributed by atoms with Crippen LogP contribution in [0.1, 0.15) is 10.4 Å². The van der Waals surface area contributed by atoms with Gasteiger partial charge in [-0.25, -0.2) is 4.79 Å². The number of hydrogen-bond acceptors (Lipinski definition) is 4. The minimum atomic E-state index is -1.06. The van der Waals surface area contributed by atoms with Crippen molar-refractivity contribution in [1.29, 1.82) is 0 Å². The number of carboxylic acid groups (broad SMARTS) is 1. The van der Waals surface area contributed by atoms with Crippen LogP contribution in [0.15, 0.2) is 54.7 Å². The predicted molar refractivity (Wildman–Crippen MR) is 77.9 cm³/mol. The second kappa shape index (κ2) is 5.13. The number of pyridine rings is 1. The molecular formula is C16H11N2O3-. The third-order valence-electron chi connectivity index (χ3n) is 3.13. The molecule has 0 saturated heterocycles. The summed E-state index contributed by atoms with van der Waals surface area (Å²) in [5.74, 6) is -1.16. The fourth-order valence-corrected chi connectivity index (χ4v) is 2.12. The maximum Gasteiger partial charge on any atom is 0.339 e. The van der Waals surface area contributed by atoms with Crippen LogP contribution in [-0.2, 0) is 0 Å². The minimum Gasteiger partial charge on any atom is -0.872 e. The van der Waals surface area contributed by atoms with Crippen molar-refractivity contribution in [2.45, 2.75) is 0 Å². The van der Waals surface area contributed by atoms with E-state index in [1.54, 1.807) is 18.2 Å². The minimum absolute atomic E-state index is 0.0832. The van der Waals surface area contributed by atoms with Crippen LogP contribution in [0, 0.1) is 0 Å². The highest BCUT2D eigenvalue weighted by atomic mass is 16.4. The van der Waals surface area contributed by atoms with E-state index >= 15 is 0 Å². The maximum absolute atomic E-state index is 11.4. The van der Waals surface area contributed by atoms with Gasteiger partial charge in [0.2, 0.25) is 0 Å². The second-order valence-electron chi connectivity index (χ2n) is 4.52. The Bertz CT molecular complexity index is 813. The molecule has 2 N–H and O–H groups in total. The maximum atomic E-state index is 11.4. The Morgan fingerprint density at radius 2 is 1.81 bits per heavy atom. The zero-order valence-electron chi connectivity index (χ0n) is 10.9. The van der Waals surface area contributed by atoms with E-state index < -0.39 is 5.97 Å². The van der Waals surface area contributed by atoms with Gasteiger partial charge in [0, 0.05) is 17.3 Å². The van der Waals surface area contributed by atoms with E-state index in [0.29, 0.717) is 22.3 Å². The number of nitrogens with one attached hydrogen (secondary N) is 1. The van der Waals surface area contributed by atoms with Crippen molar-refractivity contribution in [2.24, 2.45) is 0 Å². The number of aromatic nitrogens is 1. The standard InChI is InChI=1S/C16H12N2O3/c19-11-7-5-10(6-8-11)18-15-12-3-1-2-4-14(12)17-9-13(15)16(20)21/h1-9,19H,(H,17,18)(H,20,21)/p-1. The van der Waals surface area contributed by atoms with Crippen LogP contribution in [0.25, 0.3) is 10.9 Å². The van der Waals surface area contributed by atoms with Gasteiger partial charge in [-0.3, -0.25) is 4.98 Å². The fraction of sp³-hybridized carbons (Fsp3) is 0. The molecule has 0 fully saturated rings. The van der Waals surface area contributed by atoms with E-state index in [2.05, 4.69) is 10.3 Å². The summed E-state index contributed by atoms with van der Waals surface area (Å²) in [4.78, 5) is 15.5. The Kier molecular flexibility index (Phi) is 3.16. The van der Waals surface area contributed by atoms with Gasteiger partial charge in [0.15, 0.2) is 0 Å².